The van der Waals surface area contributed by atoms with Crippen molar-refractivity contribution in [3.05, 3.63) is 47.9 Å². The largest absolute Gasteiger partial charge is 0.325 e. The number of hydrogen-bond acceptors (Lipinski definition) is 6. The van der Waals surface area contributed by atoms with E-state index in [1.165, 1.54) is 12.4 Å². The molecule has 2 fully saturated rings. The van der Waals surface area contributed by atoms with Gasteiger partial charge in [-0.3, -0.25) is 19.5 Å². The number of carbonyl (C=O) groups excluding carboxylic acids is 3. The Bertz CT molecular complexity index is 1120. The predicted octanol–water partition coefficient (Wildman–Crippen LogP) is 2.89. The van der Waals surface area contributed by atoms with Gasteiger partial charge in [0.25, 0.3) is 5.91 Å². The number of nitriles is 1. The SMILES string of the molecule is N#CCc1ccccc1-c1cnc(C(=O)CN2C(=O)NC3(CCC(F)(F)CC3)C2=O)cn1. The van der Waals surface area contributed by atoms with Crippen molar-refractivity contribution in [3.63, 3.8) is 0 Å². The fourth-order valence-corrected chi connectivity index (χ4v) is 4.05. The Morgan fingerprint density at radius 3 is 2.50 bits per heavy atom. The van der Waals surface area contributed by atoms with Crippen LogP contribution in [0.5, 0.6) is 0 Å². The fourth-order valence-electron chi connectivity index (χ4n) is 4.05. The Balaban J connectivity index is 1.47. The van der Waals surface area contributed by atoms with Crippen LogP contribution in [0, 0.1) is 11.3 Å². The first kappa shape index (κ1) is 21.5. The van der Waals surface area contributed by atoms with E-state index >= 15 is 0 Å². The Kier molecular flexibility index (Phi) is 5.42. The molecule has 1 N–H and O–H groups in total. The summed E-state index contributed by atoms with van der Waals surface area (Å²) in [7, 11) is 0. The number of urea groups is 1. The highest BCUT2D eigenvalue weighted by molar-refractivity contribution is 6.10. The van der Waals surface area contributed by atoms with Crippen molar-refractivity contribution in [2.75, 3.05) is 6.54 Å². The van der Waals surface area contributed by atoms with E-state index in [2.05, 4.69) is 21.4 Å². The lowest BCUT2D eigenvalue weighted by molar-refractivity contribution is -0.135. The number of alkyl halides is 2. The first-order chi connectivity index (χ1) is 15.2. The summed E-state index contributed by atoms with van der Waals surface area (Å²) in [5, 5.41) is 11.5. The van der Waals surface area contributed by atoms with Gasteiger partial charge in [0.1, 0.15) is 11.2 Å². The van der Waals surface area contributed by atoms with Crippen molar-refractivity contribution >= 4 is 17.7 Å². The molecule has 164 valence electrons. The number of nitrogens with zero attached hydrogens (tertiary/aromatic N) is 4. The minimum atomic E-state index is -2.86. The van der Waals surface area contributed by atoms with Gasteiger partial charge in [0.2, 0.25) is 11.7 Å². The Morgan fingerprint density at radius 1 is 1.12 bits per heavy atom. The van der Waals surface area contributed by atoms with Gasteiger partial charge in [-0.1, -0.05) is 24.3 Å². The molecule has 0 atom stereocenters. The van der Waals surface area contributed by atoms with E-state index in [0.29, 0.717) is 11.3 Å². The molecule has 2 heterocycles. The lowest BCUT2D eigenvalue weighted by Gasteiger charge is -2.34. The quantitative estimate of drug-likeness (QED) is 0.566. The Morgan fingerprint density at radius 2 is 1.84 bits per heavy atom. The molecule has 3 amide bonds. The van der Waals surface area contributed by atoms with Gasteiger partial charge in [-0.05, 0) is 18.4 Å². The van der Waals surface area contributed by atoms with Crippen molar-refractivity contribution in [2.24, 2.45) is 0 Å². The van der Waals surface area contributed by atoms with E-state index in [1.807, 2.05) is 0 Å². The number of halogens is 2. The van der Waals surface area contributed by atoms with Gasteiger partial charge in [0.05, 0.1) is 37.1 Å². The molecule has 1 aromatic heterocycles. The maximum absolute atomic E-state index is 13.5. The van der Waals surface area contributed by atoms with Gasteiger partial charge >= 0.3 is 6.03 Å². The molecule has 0 radical (unpaired) electrons. The molecular weight excluding hydrogens is 420 g/mol. The summed E-state index contributed by atoms with van der Waals surface area (Å²) in [5.74, 6) is -4.12. The maximum Gasteiger partial charge on any atom is 0.325 e. The summed E-state index contributed by atoms with van der Waals surface area (Å²) in [4.78, 5) is 46.9. The van der Waals surface area contributed by atoms with E-state index in [4.69, 9.17) is 5.26 Å². The third-order valence-corrected chi connectivity index (χ3v) is 5.88. The van der Waals surface area contributed by atoms with Crippen LogP contribution in [0.25, 0.3) is 11.3 Å². The van der Waals surface area contributed by atoms with E-state index in [1.54, 1.807) is 24.3 Å². The molecule has 2 aliphatic rings. The molecule has 1 saturated carbocycles. The number of hydrogen-bond donors (Lipinski definition) is 1. The maximum atomic E-state index is 13.5. The first-order valence-electron chi connectivity index (χ1n) is 10.1. The highest BCUT2D eigenvalue weighted by Crippen LogP contribution is 2.41. The summed E-state index contributed by atoms with van der Waals surface area (Å²) >= 11 is 0. The Hall–Kier alpha value is -3.74. The standard InChI is InChI=1S/C22H19F2N5O3/c23-22(24)8-6-21(7-9-22)19(31)29(20(32)28-21)13-18(30)17-12-26-16(11-27-17)15-4-2-1-3-14(15)5-10-25/h1-4,11-12H,5-9,13H2,(H,28,32). The second kappa shape index (κ2) is 8.07. The number of benzene rings is 1. The first-order valence-corrected chi connectivity index (χ1v) is 10.1. The molecule has 1 aliphatic carbocycles. The summed E-state index contributed by atoms with van der Waals surface area (Å²) in [6.07, 6.45) is 1.48. The highest BCUT2D eigenvalue weighted by atomic mass is 19.3. The van der Waals surface area contributed by atoms with E-state index < -0.39 is 48.6 Å². The topological polar surface area (TPSA) is 116 Å². The molecule has 1 aromatic carbocycles. The molecule has 1 spiro atoms. The third kappa shape index (κ3) is 3.93. The van der Waals surface area contributed by atoms with Gasteiger partial charge in [-0.2, -0.15) is 5.26 Å². The van der Waals surface area contributed by atoms with Crippen molar-refractivity contribution in [1.29, 1.82) is 5.26 Å². The van der Waals surface area contributed by atoms with E-state index in [9.17, 15) is 23.2 Å². The summed E-state index contributed by atoms with van der Waals surface area (Å²) in [5.41, 5.74) is 0.545. The van der Waals surface area contributed by atoms with Crippen LogP contribution in [0.4, 0.5) is 13.6 Å². The molecule has 8 nitrogen and oxygen atoms in total. The fraction of sp³-hybridized carbons (Fsp3) is 0.364. The number of amides is 3. The van der Waals surface area contributed by atoms with Crippen LogP contribution in [0.1, 0.15) is 41.7 Å². The second-order valence-electron chi connectivity index (χ2n) is 7.96. The number of rotatable bonds is 5. The predicted molar refractivity (Wildman–Crippen MR) is 108 cm³/mol. The molecule has 1 saturated heterocycles. The zero-order chi connectivity index (χ0) is 22.9. The third-order valence-electron chi connectivity index (χ3n) is 5.88. The van der Waals surface area contributed by atoms with Crippen molar-refractivity contribution in [3.8, 4) is 17.3 Å². The lowest BCUT2D eigenvalue weighted by Crippen LogP contribution is -2.51. The van der Waals surface area contributed by atoms with Crippen LogP contribution < -0.4 is 5.32 Å². The summed E-state index contributed by atoms with van der Waals surface area (Å²) in [6.45, 7) is -0.554. The molecule has 1 aliphatic heterocycles. The van der Waals surface area contributed by atoms with Crippen LogP contribution in [0.2, 0.25) is 0 Å². The summed E-state index contributed by atoms with van der Waals surface area (Å²) in [6, 6.07) is 8.50. The number of aromatic nitrogens is 2. The van der Waals surface area contributed by atoms with Gasteiger partial charge in [-0.25, -0.2) is 18.6 Å². The van der Waals surface area contributed by atoms with Crippen LogP contribution in [0.3, 0.4) is 0 Å². The number of imide groups is 1. The van der Waals surface area contributed by atoms with Crippen LogP contribution in [-0.2, 0) is 11.2 Å². The number of ketones is 1. The average Bonchev–Trinajstić information content (AvgIpc) is 3.01. The zero-order valence-corrected chi connectivity index (χ0v) is 17.0. The lowest BCUT2D eigenvalue weighted by atomic mass is 9.80. The smallest absolute Gasteiger partial charge is 0.323 e. The van der Waals surface area contributed by atoms with Crippen molar-refractivity contribution in [1.82, 2.24) is 20.2 Å². The van der Waals surface area contributed by atoms with E-state index in [0.717, 1.165) is 10.5 Å². The number of nitrogens with one attached hydrogen (secondary N) is 1. The molecule has 0 bridgehead atoms. The minimum absolute atomic E-state index is 0.0387. The van der Waals surface area contributed by atoms with Crippen molar-refractivity contribution < 1.29 is 23.2 Å². The molecular formula is C22H19F2N5O3. The van der Waals surface area contributed by atoms with Crippen molar-refractivity contribution in [2.45, 2.75) is 43.6 Å². The Labute approximate surface area is 182 Å². The van der Waals surface area contributed by atoms with Gasteiger partial charge in [0, 0.05) is 18.4 Å². The minimum Gasteiger partial charge on any atom is -0.323 e. The van der Waals surface area contributed by atoms with Crippen LogP contribution in [-0.4, -0.2) is 50.6 Å². The molecule has 4 rings (SSSR count). The number of carbonyl (C=O) groups is 3. The van der Waals surface area contributed by atoms with Gasteiger partial charge < -0.3 is 5.32 Å². The molecule has 2 aromatic rings. The van der Waals surface area contributed by atoms with E-state index in [-0.39, 0.29) is 25.0 Å². The highest BCUT2D eigenvalue weighted by Gasteiger charge is 2.55. The normalized spacial score (nSPS) is 19.0. The zero-order valence-electron chi connectivity index (χ0n) is 17.0. The molecule has 32 heavy (non-hydrogen) atoms. The monoisotopic (exact) mass is 439 g/mol. The van der Waals surface area contributed by atoms with Gasteiger partial charge in [-0.15, -0.1) is 0 Å². The average molecular weight is 439 g/mol. The second-order valence-corrected chi connectivity index (χ2v) is 7.96. The number of Topliss-reactive ketones (excluding diaryl/α,β-unsaturated/α-hetero) is 1. The van der Waals surface area contributed by atoms with Crippen LogP contribution >= 0.6 is 0 Å². The van der Waals surface area contributed by atoms with Gasteiger partial charge in [0.15, 0.2) is 0 Å². The molecule has 10 heteroatoms. The summed E-state index contributed by atoms with van der Waals surface area (Å²) < 4.78 is 27.0. The van der Waals surface area contributed by atoms with Crippen LogP contribution in [0.15, 0.2) is 36.7 Å². The molecule has 0 unspecified atom stereocenters.